The van der Waals surface area contributed by atoms with Gasteiger partial charge in [0.2, 0.25) is 0 Å². The van der Waals surface area contributed by atoms with Crippen molar-refractivity contribution < 1.29 is 30.6 Å². The first-order chi connectivity index (χ1) is 20.1. The smallest absolute Gasteiger partial charge is 0.485 e. The lowest BCUT2D eigenvalue weighted by Gasteiger charge is -2.23. The molecular weight excluding hydrogens is 561 g/mol. The molecule has 42 heavy (non-hydrogen) atoms. The Morgan fingerprint density at radius 3 is 1.81 bits per heavy atom. The molecule has 7 rings (SSSR count). The molecule has 0 atom stereocenters. The van der Waals surface area contributed by atoms with E-state index in [9.17, 15) is 13.2 Å². The van der Waals surface area contributed by atoms with Crippen LogP contribution in [-0.4, -0.2) is 18.5 Å². The van der Waals surface area contributed by atoms with Crippen LogP contribution in [-0.2, 0) is 35.8 Å². The summed E-state index contributed by atoms with van der Waals surface area (Å²) >= 11 is 0. The standard InChI is InChI=1S/C33H25O.CHF3O3S/c1-3-9-22(10-4-1)30-21-32(24-12-5-2-6-13-24)34-33-28(30)18-17-26-19-25-16-15-23-11-7-8-14-27(23)29(25)20-31(26)33;2-1(3,4)8(5,6)7/h1-14,19-21H,15-18H2;(H,5,6,7)/q+1;/p-1. The summed E-state index contributed by atoms with van der Waals surface area (Å²) in [4.78, 5) is 0. The van der Waals surface area contributed by atoms with Crippen LogP contribution >= 0.6 is 0 Å². The van der Waals surface area contributed by atoms with E-state index in [4.69, 9.17) is 17.4 Å². The van der Waals surface area contributed by atoms with Crippen LogP contribution in [0.2, 0.25) is 0 Å². The Hall–Kier alpha value is -4.27. The quantitative estimate of drug-likeness (QED) is 0.118. The minimum atomic E-state index is -6.09. The first-order valence-electron chi connectivity index (χ1n) is 13.5. The van der Waals surface area contributed by atoms with Gasteiger partial charge in [-0.05, 0) is 77.3 Å². The zero-order valence-corrected chi connectivity index (χ0v) is 23.1. The van der Waals surface area contributed by atoms with Crippen molar-refractivity contribution >= 4 is 10.1 Å². The summed E-state index contributed by atoms with van der Waals surface area (Å²) in [5.41, 5.74) is 7.66. The van der Waals surface area contributed by atoms with Crippen molar-refractivity contribution in [3.8, 4) is 44.9 Å². The summed E-state index contributed by atoms with van der Waals surface area (Å²) in [5.74, 6) is 1.96. The van der Waals surface area contributed by atoms with E-state index in [0.29, 0.717) is 0 Å². The highest BCUT2D eigenvalue weighted by atomic mass is 32.2. The SMILES string of the molecule is O=S(=O)([O-])C(F)(F)F.c1ccc(-c2cc(-c3ccccc3)c3c([o+]2)-c2cc4c(cc2CC3)CCc2ccccc2-4)cc1. The van der Waals surface area contributed by atoms with Crippen LogP contribution < -0.4 is 0 Å². The molecule has 0 saturated carbocycles. The van der Waals surface area contributed by atoms with E-state index < -0.39 is 15.6 Å². The molecule has 2 aliphatic rings. The van der Waals surface area contributed by atoms with Crippen molar-refractivity contribution in [2.24, 2.45) is 0 Å². The van der Waals surface area contributed by atoms with Crippen LogP contribution in [0.25, 0.3) is 44.9 Å². The number of benzene rings is 4. The molecule has 1 aromatic heterocycles. The maximum absolute atomic E-state index is 10.7. The number of halogens is 3. The number of aryl methyl sites for hydroxylation is 3. The van der Waals surface area contributed by atoms with Gasteiger partial charge in [-0.3, -0.25) is 0 Å². The molecule has 0 amide bonds. The van der Waals surface area contributed by atoms with Gasteiger partial charge in [0.25, 0.3) is 0 Å². The number of fused-ring (bicyclic) bond motifs is 6. The Balaban J connectivity index is 0.000000350. The van der Waals surface area contributed by atoms with E-state index >= 15 is 0 Å². The van der Waals surface area contributed by atoms with Crippen LogP contribution in [0.15, 0.2) is 108 Å². The van der Waals surface area contributed by atoms with E-state index in [-0.39, 0.29) is 0 Å². The van der Waals surface area contributed by atoms with E-state index in [1.165, 1.54) is 50.1 Å². The summed E-state index contributed by atoms with van der Waals surface area (Å²) in [6, 6.07) is 37.2. The predicted molar refractivity (Wildman–Crippen MR) is 155 cm³/mol. The molecule has 0 N–H and O–H groups in total. The Labute approximate surface area is 241 Å². The van der Waals surface area contributed by atoms with Gasteiger partial charge < -0.3 is 4.55 Å². The second-order valence-corrected chi connectivity index (χ2v) is 11.7. The van der Waals surface area contributed by atoms with Crippen molar-refractivity contribution in [2.45, 2.75) is 31.2 Å². The molecule has 0 spiro atoms. The average molecular weight is 587 g/mol. The van der Waals surface area contributed by atoms with Crippen molar-refractivity contribution in [1.82, 2.24) is 0 Å². The summed E-state index contributed by atoms with van der Waals surface area (Å²) in [7, 11) is -6.09. The van der Waals surface area contributed by atoms with Crippen molar-refractivity contribution in [2.75, 3.05) is 0 Å². The van der Waals surface area contributed by atoms with Gasteiger partial charge in [-0.1, -0.05) is 78.9 Å². The lowest BCUT2D eigenvalue weighted by atomic mass is 9.79. The van der Waals surface area contributed by atoms with Gasteiger partial charge in [-0.15, -0.1) is 0 Å². The number of hydrogen-bond donors (Lipinski definition) is 0. The molecule has 212 valence electrons. The first kappa shape index (κ1) is 27.9. The van der Waals surface area contributed by atoms with E-state index in [0.717, 1.165) is 42.8 Å². The van der Waals surface area contributed by atoms with Gasteiger partial charge in [0.15, 0.2) is 10.1 Å². The second kappa shape index (κ2) is 10.9. The Morgan fingerprint density at radius 2 is 1.14 bits per heavy atom. The molecule has 0 saturated heterocycles. The van der Waals surface area contributed by atoms with Crippen molar-refractivity contribution in [1.29, 1.82) is 0 Å². The second-order valence-electron chi connectivity index (χ2n) is 10.3. The number of rotatable bonds is 2. The molecule has 0 bridgehead atoms. The lowest BCUT2D eigenvalue weighted by molar-refractivity contribution is -0.0517. The maximum Gasteiger partial charge on any atom is 0.485 e. The molecule has 0 unspecified atom stereocenters. The highest BCUT2D eigenvalue weighted by molar-refractivity contribution is 7.86. The van der Waals surface area contributed by atoms with Gasteiger partial charge in [-0.25, -0.2) is 12.8 Å². The van der Waals surface area contributed by atoms with Gasteiger partial charge >= 0.3 is 17.0 Å². The normalized spacial score (nSPS) is 13.5. The predicted octanol–water partition coefficient (Wildman–Crippen LogP) is 8.48. The van der Waals surface area contributed by atoms with Crippen molar-refractivity contribution in [3.63, 3.8) is 0 Å². The molecule has 1 heterocycles. The Bertz CT molecular complexity index is 1880. The molecule has 0 radical (unpaired) electrons. The minimum Gasteiger partial charge on any atom is -0.741 e. The number of alkyl halides is 3. The van der Waals surface area contributed by atoms with Crippen LogP contribution in [0.1, 0.15) is 22.3 Å². The van der Waals surface area contributed by atoms with Gasteiger partial charge in [0.05, 0.1) is 22.8 Å². The van der Waals surface area contributed by atoms with E-state index in [1.807, 2.05) is 0 Å². The van der Waals surface area contributed by atoms with Crippen LogP contribution in [0.5, 0.6) is 0 Å². The zero-order valence-electron chi connectivity index (χ0n) is 22.3. The first-order valence-corrected chi connectivity index (χ1v) is 14.9. The topological polar surface area (TPSA) is 68.5 Å². The van der Waals surface area contributed by atoms with Gasteiger partial charge in [-0.2, -0.15) is 13.2 Å². The molecule has 0 aliphatic heterocycles. The number of hydrogen-bond acceptors (Lipinski definition) is 3. The molecule has 8 heteroatoms. The maximum atomic E-state index is 10.7. The molecular formula is C34H25F3O4S. The largest absolute Gasteiger partial charge is 0.741 e. The molecule has 5 aromatic rings. The van der Waals surface area contributed by atoms with Crippen LogP contribution in [0, 0.1) is 0 Å². The Morgan fingerprint density at radius 1 is 0.595 bits per heavy atom. The molecule has 4 nitrogen and oxygen atoms in total. The monoisotopic (exact) mass is 586 g/mol. The molecule has 0 fully saturated rings. The van der Waals surface area contributed by atoms with Gasteiger partial charge in [0, 0.05) is 5.56 Å². The third-order valence-electron chi connectivity index (χ3n) is 7.70. The summed E-state index contributed by atoms with van der Waals surface area (Å²) < 4.78 is 65.7. The Kier molecular flexibility index (Phi) is 7.20. The summed E-state index contributed by atoms with van der Waals surface area (Å²) in [5, 5.41) is 0. The van der Waals surface area contributed by atoms with E-state index in [1.54, 1.807) is 0 Å². The molecule has 4 aromatic carbocycles. The average Bonchev–Trinajstić information content (AvgIpc) is 2.99. The fourth-order valence-corrected chi connectivity index (χ4v) is 5.73. The molecule has 2 aliphatic carbocycles. The fraction of sp³-hybridized carbons (Fsp3) is 0.147. The van der Waals surface area contributed by atoms with Crippen LogP contribution in [0.3, 0.4) is 0 Å². The highest BCUT2D eigenvalue weighted by Gasteiger charge is 2.37. The highest BCUT2D eigenvalue weighted by Crippen LogP contribution is 2.45. The third-order valence-corrected chi connectivity index (χ3v) is 8.27. The van der Waals surface area contributed by atoms with E-state index in [2.05, 4.69) is 103 Å². The van der Waals surface area contributed by atoms with Gasteiger partial charge in [0.1, 0.15) is 0 Å². The van der Waals surface area contributed by atoms with Crippen LogP contribution in [0.4, 0.5) is 13.2 Å². The van der Waals surface area contributed by atoms with Crippen molar-refractivity contribution in [3.05, 3.63) is 125 Å². The summed E-state index contributed by atoms with van der Waals surface area (Å²) in [6.45, 7) is 0. The lowest BCUT2D eigenvalue weighted by Crippen LogP contribution is -2.21. The zero-order chi connectivity index (χ0) is 29.5. The summed E-state index contributed by atoms with van der Waals surface area (Å²) in [6.07, 6.45) is 4.29. The fourth-order valence-electron chi connectivity index (χ4n) is 5.73. The third kappa shape index (κ3) is 5.35. The minimum absolute atomic E-state index is 0.921.